The number of benzene rings is 2. The summed E-state index contributed by atoms with van der Waals surface area (Å²) in [6.45, 7) is 1.53. The Morgan fingerprint density at radius 2 is 1.83 bits per heavy atom. The third-order valence-electron chi connectivity index (χ3n) is 3.09. The lowest BCUT2D eigenvalue weighted by atomic mass is 10.2. The van der Waals surface area contributed by atoms with E-state index < -0.39 is 0 Å². The van der Waals surface area contributed by atoms with Gasteiger partial charge in [0.25, 0.3) is 0 Å². The zero-order valence-corrected chi connectivity index (χ0v) is 15.4. The highest BCUT2D eigenvalue weighted by atomic mass is 79.9. The van der Waals surface area contributed by atoms with E-state index in [1.165, 1.54) is 0 Å². The number of methoxy groups -OCH3 is 1. The van der Waals surface area contributed by atoms with E-state index in [2.05, 4.69) is 21.2 Å². The molecule has 0 spiro atoms. The first-order valence-corrected chi connectivity index (χ1v) is 8.33. The van der Waals surface area contributed by atoms with Gasteiger partial charge < -0.3 is 19.5 Å². The molecule has 0 aliphatic carbocycles. The molecule has 2 rings (SSSR count). The highest BCUT2D eigenvalue weighted by Gasteiger charge is 2.10. The van der Waals surface area contributed by atoms with Crippen molar-refractivity contribution in [3.05, 3.63) is 51.5 Å². The van der Waals surface area contributed by atoms with Crippen molar-refractivity contribution in [2.75, 3.05) is 27.4 Å². The molecule has 2 aromatic rings. The first-order valence-electron chi connectivity index (χ1n) is 7.16. The largest absolute Gasteiger partial charge is 0.497 e. The van der Waals surface area contributed by atoms with Gasteiger partial charge in [-0.3, -0.25) is 0 Å². The van der Waals surface area contributed by atoms with Gasteiger partial charge in [0.2, 0.25) is 0 Å². The molecule has 0 aliphatic heterocycles. The molecule has 0 aliphatic rings. The molecule has 0 aromatic heterocycles. The van der Waals surface area contributed by atoms with E-state index in [-0.39, 0.29) is 0 Å². The van der Waals surface area contributed by atoms with E-state index in [0.717, 1.165) is 27.3 Å². The maximum absolute atomic E-state index is 6.08. The number of halogens is 2. The average Bonchev–Trinajstić information content (AvgIpc) is 2.53. The number of rotatable bonds is 8. The SMILES string of the molecule is CNCc1cc(Cl)cc(Br)c1OCCOc1cccc(OC)c1. The molecule has 0 atom stereocenters. The van der Waals surface area contributed by atoms with Crippen LogP contribution in [-0.4, -0.2) is 27.4 Å². The molecule has 0 heterocycles. The molecule has 6 heteroatoms. The molecule has 0 bridgehead atoms. The summed E-state index contributed by atoms with van der Waals surface area (Å²) in [5, 5.41) is 3.77. The van der Waals surface area contributed by atoms with Crippen LogP contribution in [0.1, 0.15) is 5.56 Å². The summed E-state index contributed by atoms with van der Waals surface area (Å²) in [6.07, 6.45) is 0. The van der Waals surface area contributed by atoms with Crippen molar-refractivity contribution < 1.29 is 14.2 Å². The summed E-state index contributed by atoms with van der Waals surface area (Å²) in [6, 6.07) is 11.2. The van der Waals surface area contributed by atoms with Crippen molar-refractivity contribution in [1.29, 1.82) is 0 Å². The highest BCUT2D eigenvalue weighted by Crippen LogP contribution is 2.32. The first-order chi connectivity index (χ1) is 11.1. The summed E-state index contributed by atoms with van der Waals surface area (Å²) in [5.41, 5.74) is 0.994. The Bertz CT molecular complexity index is 652. The fourth-order valence-corrected chi connectivity index (χ4v) is 3.08. The molecule has 2 aromatic carbocycles. The topological polar surface area (TPSA) is 39.7 Å². The maximum Gasteiger partial charge on any atom is 0.138 e. The number of hydrogen-bond donors (Lipinski definition) is 1. The molecule has 124 valence electrons. The predicted octanol–water partition coefficient (Wildman–Crippen LogP) is 4.29. The van der Waals surface area contributed by atoms with E-state index in [4.69, 9.17) is 25.8 Å². The molecule has 0 saturated carbocycles. The number of hydrogen-bond acceptors (Lipinski definition) is 4. The van der Waals surface area contributed by atoms with Crippen LogP contribution in [0.5, 0.6) is 17.2 Å². The first kappa shape index (κ1) is 17.9. The van der Waals surface area contributed by atoms with Crippen molar-refractivity contribution in [2.24, 2.45) is 0 Å². The fraction of sp³-hybridized carbons (Fsp3) is 0.294. The quantitative estimate of drug-likeness (QED) is 0.671. The van der Waals surface area contributed by atoms with Crippen molar-refractivity contribution in [2.45, 2.75) is 6.54 Å². The predicted molar refractivity (Wildman–Crippen MR) is 95.9 cm³/mol. The molecule has 0 unspecified atom stereocenters. The lowest BCUT2D eigenvalue weighted by Crippen LogP contribution is -2.12. The molecule has 0 fully saturated rings. The zero-order chi connectivity index (χ0) is 16.7. The molecule has 0 radical (unpaired) electrons. The minimum atomic E-state index is 0.425. The van der Waals surface area contributed by atoms with Gasteiger partial charge in [0.05, 0.1) is 11.6 Å². The molecule has 0 amide bonds. The standard InChI is InChI=1S/C17H19BrClNO3/c1-20-11-12-8-13(19)9-16(18)17(12)23-7-6-22-15-5-3-4-14(10-15)21-2/h3-5,8-10,20H,6-7,11H2,1-2H3. The number of ether oxygens (including phenoxy) is 3. The molecule has 0 saturated heterocycles. The van der Waals surface area contributed by atoms with Crippen LogP contribution in [0, 0.1) is 0 Å². The van der Waals surface area contributed by atoms with Gasteiger partial charge in [0, 0.05) is 23.2 Å². The Labute approximate surface area is 149 Å². The second-order valence-corrected chi connectivity index (χ2v) is 6.07. The summed E-state index contributed by atoms with van der Waals surface area (Å²) < 4.78 is 17.5. The maximum atomic E-state index is 6.08. The third kappa shape index (κ3) is 5.30. The second kappa shape index (κ2) is 9.01. The molecular weight excluding hydrogens is 382 g/mol. The number of nitrogens with one attached hydrogen (secondary N) is 1. The zero-order valence-electron chi connectivity index (χ0n) is 13.1. The van der Waals surface area contributed by atoms with Crippen LogP contribution in [0.25, 0.3) is 0 Å². The monoisotopic (exact) mass is 399 g/mol. The molecular formula is C17H19BrClNO3. The van der Waals surface area contributed by atoms with Gasteiger partial charge in [-0.05, 0) is 47.2 Å². The van der Waals surface area contributed by atoms with Crippen LogP contribution in [0.2, 0.25) is 5.02 Å². The van der Waals surface area contributed by atoms with E-state index in [9.17, 15) is 0 Å². The normalized spacial score (nSPS) is 10.4. The van der Waals surface area contributed by atoms with Crippen LogP contribution in [-0.2, 0) is 6.54 Å². The lowest BCUT2D eigenvalue weighted by molar-refractivity contribution is 0.214. The summed E-state index contributed by atoms with van der Waals surface area (Å²) in [4.78, 5) is 0. The molecule has 4 nitrogen and oxygen atoms in total. The van der Waals surface area contributed by atoms with Gasteiger partial charge in [0.1, 0.15) is 30.5 Å². The van der Waals surface area contributed by atoms with Crippen LogP contribution in [0.15, 0.2) is 40.9 Å². The highest BCUT2D eigenvalue weighted by molar-refractivity contribution is 9.10. The smallest absolute Gasteiger partial charge is 0.138 e. The summed E-state index contributed by atoms with van der Waals surface area (Å²) >= 11 is 9.57. The van der Waals surface area contributed by atoms with Crippen molar-refractivity contribution in [1.82, 2.24) is 5.32 Å². The van der Waals surface area contributed by atoms with Gasteiger partial charge in [0.15, 0.2) is 0 Å². The Hall–Kier alpha value is -1.43. The van der Waals surface area contributed by atoms with E-state index in [0.29, 0.717) is 24.8 Å². The Kier molecular flexibility index (Phi) is 7.02. The van der Waals surface area contributed by atoms with Crippen LogP contribution < -0.4 is 19.5 Å². The van der Waals surface area contributed by atoms with Crippen LogP contribution in [0.3, 0.4) is 0 Å². The van der Waals surface area contributed by atoms with Gasteiger partial charge in [-0.25, -0.2) is 0 Å². The van der Waals surface area contributed by atoms with Crippen molar-refractivity contribution in [3.63, 3.8) is 0 Å². The van der Waals surface area contributed by atoms with Crippen molar-refractivity contribution in [3.8, 4) is 17.2 Å². The Morgan fingerprint density at radius 1 is 1.09 bits per heavy atom. The van der Waals surface area contributed by atoms with Crippen LogP contribution in [0.4, 0.5) is 0 Å². The van der Waals surface area contributed by atoms with E-state index >= 15 is 0 Å². The second-order valence-electron chi connectivity index (χ2n) is 4.78. The van der Waals surface area contributed by atoms with E-state index in [1.54, 1.807) is 7.11 Å². The fourth-order valence-electron chi connectivity index (χ4n) is 2.09. The lowest BCUT2D eigenvalue weighted by Gasteiger charge is -2.14. The molecule has 23 heavy (non-hydrogen) atoms. The van der Waals surface area contributed by atoms with Gasteiger partial charge in [-0.1, -0.05) is 17.7 Å². The van der Waals surface area contributed by atoms with E-state index in [1.807, 2.05) is 43.4 Å². The van der Waals surface area contributed by atoms with Crippen molar-refractivity contribution >= 4 is 27.5 Å². The Balaban J connectivity index is 1.93. The third-order valence-corrected chi connectivity index (χ3v) is 3.90. The van der Waals surface area contributed by atoms with Gasteiger partial charge in [-0.15, -0.1) is 0 Å². The van der Waals surface area contributed by atoms with Gasteiger partial charge >= 0.3 is 0 Å². The summed E-state index contributed by atoms with van der Waals surface area (Å²) in [5.74, 6) is 2.29. The van der Waals surface area contributed by atoms with Crippen LogP contribution >= 0.6 is 27.5 Å². The summed E-state index contributed by atoms with van der Waals surface area (Å²) in [7, 11) is 3.51. The minimum absolute atomic E-state index is 0.425. The average molecular weight is 401 g/mol. The van der Waals surface area contributed by atoms with Gasteiger partial charge in [-0.2, -0.15) is 0 Å². The minimum Gasteiger partial charge on any atom is -0.497 e. The molecule has 1 N–H and O–H groups in total. The Morgan fingerprint density at radius 3 is 2.57 bits per heavy atom.